The lowest BCUT2D eigenvalue weighted by molar-refractivity contribution is 0.179. The maximum atomic E-state index is 6.20. The molecule has 2 nitrogen and oxygen atoms in total. The van der Waals surface area contributed by atoms with Gasteiger partial charge in [-0.1, -0.05) is 38.3 Å². The van der Waals surface area contributed by atoms with Crippen molar-refractivity contribution in [1.29, 1.82) is 0 Å². The molecule has 2 heteroatoms. The fourth-order valence-electron chi connectivity index (χ4n) is 2.37. The predicted octanol–water partition coefficient (Wildman–Crippen LogP) is 5.69. The molecule has 1 aromatic carbocycles. The van der Waals surface area contributed by atoms with E-state index in [9.17, 15) is 0 Å². The lowest BCUT2D eigenvalue weighted by Gasteiger charge is -2.20. The number of hydrogen-bond acceptors (Lipinski definition) is 2. The maximum absolute atomic E-state index is 6.20. The highest BCUT2D eigenvalue weighted by Gasteiger charge is 2.12. The lowest BCUT2D eigenvalue weighted by atomic mass is 10.1. The number of benzene rings is 1. The number of ether oxygens (including phenoxy) is 2. The molecule has 1 atom stereocenters. The van der Waals surface area contributed by atoms with Crippen molar-refractivity contribution in [3.05, 3.63) is 36.4 Å². The van der Waals surface area contributed by atoms with Crippen molar-refractivity contribution in [2.24, 2.45) is 0 Å². The Balaban J connectivity index is 2.68. The highest BCUT2D eigenvalue weighted by molar-refractivity contribution is 5.42. The van der Waals surface area contributed by atoms with Crippen LogP contribution in [0.1, 0.15) is 57.9 Å². The van der Waals surface area contributed by atoms with Gasteiger partial charge in [0.25, 0.3) is 0 Å². The van der Waals surface area contributed by atoms with Crippen molar-refractivity contribution in [2.45, 2.75) is 65.4 Å². The Morgan fingerprint density at radius 1 is 1.14 bits per heavy atom. The first kappa shape index (κ1) is 17.6. The van der Waals surface area contributed by atoms with Crippen molar-refractivity contribution in [3.8, 4) is 11.5 Å². The molecular weight excluding hydrogens is 260 g/mol. The third-order valence-corrected chi connectivity index (χ3v) is 3.50. The van der Waals surface area contributed by atoms with E-state index in [0.29, 0.717) is 6.61 Å². The van der Waals surface area contributed by atoms with Gasteiger partial charge in [-0.3, -0.25) is 0 Å². The van der Waals surface area contributed by atoms with Gasteiger partial charge in [0.05, 0.1) is 6.61 Å². The molecular formula is C19H30O2. The minimum absolute atomic E-state index is 0.195. The molecule has 1 rings (SSSR count). The van der Waals surface area contributed by atoms with Crippen molar-refractivity contribution >= 4 is 0 Å². The minimum atomic E-state index is 0.195. The third kappa shape index (κ3) is 6.70. The molecule has 118 valence electrons. The molecule has 0 amide bonds. The normalized spacial score (nSPS) is 12.0. The highest BCUT2D eigenvalue weighted by Crippen LogP contribution is 2.30. The summed E-state index contributed by atoms with van der Waals surface area (Å²) in [5.74, 6) is 1.70. The van der Waals surface area contributed by atoms with E-state index in [1.165, 1.54) is 31.2 Å². The highest BCUT2D eigenvalue weighted by atomic mass is 16.5. The zero-order valence-electron chi connectivity index (χ0n) is 13.9. The van der Waals surface area contributed by atoms with Crippen molar-refractivity contribution in [3.63, 3.8) is 0 Å². The molecule has 0 heterocycles. The van der Waals surface area contributed by atoms with Crippen LogP contribution in [-0.2, 0) is 0 Å². The van der Waals surface area contributed by atoms with Gasteiger partial charge in [0.1, 0.15) is 6.10 Å². The molecule has 0 N–H and O–H groups in total. The molecule has 0 aliphatic carbocycles. The summed E-state index contributed by atoms with van der Waals surface area (Å²) >= 11 is 0. The monoisotopic (exact) mass is 290 g/mol. The van der Waals surface area contributed by atoms with Gasteiger partial charge < -0.3 is 9.47 Å². The van der Waals surface area contributed by atoms with Crippen LogP contribution in [0, 0.1) is 6.92 Å². The fraction of sp³-hybridized carbons (Fsp3) is 0.579. The number of rotatable bonds is 11. The zero-order valence-corrected chi connectivity index (χ0v) is 13.9. The molecule has 0 aliphatic rings. The molecule has 21 heavy (non-hydrogen) atoms. The standard InChI is InChI=1S/C19H30O2/c1-5-8-9-10-12-17(11-6-2)21-19-15-16(4)13-14-18(19)20-7-3/h6,13-15,17H,2,5,7-12H2,1,3-4H3. The van der Waals surface area contributed by atoms with E-state index in [4.69, 9.17) is 9.47 Å². The third-order valence-electron chi connectivity index (χ3n) is 3.50. The first-order chi connectivity index (χ1) is 10.2. The maximum Gasteiger partial charge on any atom is 0.161 e. The molecule has 1 unspecified atom stereocenters. The molecule has 0 aromatic heterocycles. The van der Waals surface area contributed by atoms with Crippen LogP contribution in [0.2, 0.25) is 0 Å². The Morgan fingerprint density at radius 2 is 1.95 bits per heavy atom. The first-order valence-electron chi connectivity index (χ1n) is 8.22. The van der Waals surface area contributed by atoms with E-state index in [1.807, 2.05) is 19.1 Å². The molecule has 0 saturated carbocycles. The van der Waals surface area contributed by atoms with Crippen molar-refractivity contribution in [2.75, 3.05) is 6.61 Å². The Bertz CT molecular complexity index is 412. The van der Waals surface area contributed by atoms with E-state index < -0.39 is 0 Å². The summed E-state index contributed by atoms with van der Waals surface area (Å²) in [5, 5.41) is 0. The van der Waals surface area contributed by atoms with Gasteiger partial charge in [-0.2, -0.15) is 0 Å². The van der Waals surface area contributed by atoms with Gasteiger partial charge in [-0.25, -0.2) is 0 Å². The summed E-state index contributed by atoms with van der Waals surface area (Å²) in [6.07, 6.45) is 9.15. The average Bonchev–Trinajstić information content (AvgIpc) is 2.47. The average molecular weight is 290 g/mol. The molecule has 1 aromatic rings. The summed E-state index contributed by atoms with van der Waals surface area (Å²) in [5.41, 5.74) is 1.19. The quantitative estimate of drug-likeness (QED) is 0.385. The Labute approximate surface area is 130 Å². The second-order valence-electron chi connectivity index (χ2n) is 5.50. The molecule has 0 radical (unpaired) electrons. The Morgan fingerprint density at radius 3 is 2.62 bits per heavy atom. The van der Waals surface area contributed by atoms with E-state index in [0.717, 1.165) is 24.3 Å². The molecule has 0 fully saturated rings. The topological polar surface area (TPSA) is 18.5 Å². The molecule has 0 spiro atoms. The summed E-state index contributed by atoms with van der Waals surface area (Å²) < 4.78 is 11.9. The van der Waals surface area contributed by atoms with Crippen LogP contribution >= 0.6 is 0 Å². The Hall–Kier alpha value is -1.44. The van der Waals surface area contributed by atoms with Gasteiger partial charge in [-0.15, -0.1) is 6.58 Å². The Kier molecular flexibility index (Phi) is 8.65. The summed E-state index contributed by atoms with van der Waals surface area (Å²) in [6, 6.07) is 6.12. The van der Waals surface area contributed by atoms with Crippen LogP contribution in [0.25, 0.3) is 0 Å². The number of aryl methyl sites for hydroxylation is 1. The molecule has 0 bridgehead atoms. The minimum Gasteiger partial charge on any atom is -0.490 e. The van der Waals surface area contributed by atoms with Crippen LogP contribution < -0.4 is 9.47 Å². The van der Waals surface area contributed by atoms with Gasteiger partial charge in [0.15, 0.2) is 11.5 Å². The second-order valence-corrected chi connectivity index (χ2v) is 5.50. The van der Waals surface area contributed by atoms with Crippen LogP contribution in [0.4, 0.5) is 0 Å². The molecule has 0 saturated heterocycles. The van der Waals surface area contributed by atoms with Crippen molar-refractivity contribution in [1.82, 2.24) is 0 Å². The molecule has 0 aliphatic heterocycles. The number of unbranched alkanes of at least 4 members (excludes halogenated alkanes) is 3. The lowest BCUT2D eigenvalue weighted by Crippen LogP contribution is -2.16. The summed E-state index contributed by atoms with van der Waals surface area (Å²) in [4.78, 5) is 0. The predicted molar refractivity (Wildman–Crippen MR) is 90.3 cm³/mol. The zero-order chi connectivity index (χ0) is 15.5. The van der Waals surface area contributed by atoms with Crippen LogP contribution in [0.3, 0.4) is 0 Å². The van der Waals surface area contributed by atoms with E-state index in [-0.39, 0.29) is 6.10 Å². The van der Waals surface area contributed by atoms with Crippen LogP contribution in [0.15, 0.2) is 30.9 Å². The van der Waals surface area contributed by atoms with Gasteiger partial charge in [0, 0.05) is 6.42 Å². The van der Waals surface area contributed by atoms with Gasteiger partial charge >= 0.3 is 0 Å². The van der Waals surface area contributed by atoms with Crippen molar-refractivity contribution < 1.29 is 9.47 Å². The second kappa shape index (κ2) is 10.3. The van der Waals surface area contributed by atoms with Gasteiger partial charge in [0.2, 0.25) is 0 Å². The smallest absolute Gasteiger partial charge is 0.161 e. The SMILES string of the molecule is C=CCC(CCCCCC)Oc1cc(C)ccc1OCC. The fourth-order valence-corrected chi connectivity index (χ4v) is 2.37. The summed E-state index contributed by atoms with van der Waals surface area (Å²) in [6.45, 7) is 10.8. The summed E-state index contributed by atoms with van der Waals surface area (Å²) in [7, 11) is 0. The van der Waals surface area contributed by atoms with E-state index in [2.05, 4.69) is 32.6 Å². The number of hydrogen-bond donors (Lipinski definition) is 0. The largest absolute Gasteiger partial charge is 0.490 e. The van der Waals surface area contributed by atoms with Gasteiger partial charge in [-0.05, 0) is 44.4 Å². The van der Waals surface area contributed by atoms with E-state index in [1.54, 1.807) is 0 Å². The van der Waals surface area contributed by atoms with E-state index >= 15 is 0 Å². The van der Waals surface area contributed by atoms with Crippen LogP contribution in [0.5, 0.6) is 11.5 Å². The van der Waals surface area contributed by atoms with Crippen LogP contribution in [-0.4, -0.2) is 12.7 Å². The first-order valence-corrected chi connectivity index (χ1v) is 8.22.